The van der Waals surface area contributed by atoms with Crippen LogP contribution >= 0.6 is 11.8 Å². The molecule has 0 radical (unpaired) electrons. The van der Waals surface area contributed by atoms with Gasteiger partial charge in [0.1, 0.15) is 0 Å². The Bertz CT molecular complexity index is 168. The SMILES string of the molecule is CCC1CCCC(SCC2CNC2)C1. The Kier molecular flexibility index (Phi) is 4.18. The van der Waals surface area contributed by atoms with Crippen molar-refractivity contribution in [2.24, 2.45) is 11.8 Å². The summed E-state index contributed by atoms with van der Waals surface area (Å²) in [5, 5.41) is 4.35. The average Bonchev–Trinajstić information content (AvgIpc) is 2.16. The molecule has 2 rings (SSSR count). The van der Waals surface area contributed by atoms with E-state index in [1.807, 2.05) is 0 Å². The van der Waals surface area contributed by atoms with Gasteiger partial charge in [-0.1, -0.05) is 26.2 Å². The normalized spacial score (nSPS) is 34.1. The second-order valence-corrected chi connectivity index (χ2v) is 6.25. The minimum atomic E-state index is 0.988. The van der Waals surface area contributed by atoms with E-state index in [1.165, 1.54) is 50.9 Å². The summed E-state index contributed by atoms with van der Waals surface area (Å²) in [6.45, 7) is 4.90. The Balaban J connectivity index is 1.63. The predicted molar refractivity (Wildman–Crippen MR) is 64.9 cm³/mol. The van der Waals surface area contributed by atoms with Gasteiger partial charge < -0.3 is 5.32 Å². The van der Waals surface area contributed by atoms with Crippen molar-refractivity contribution >= 4 is 11.8 Å². The minimum Gasteiger partial charge on any atom is -0.316 e. The first-order chi connectivity index (χ1) is 6.88. The fourth-order valence-electron chi connectivity index (χ4n) is 2.50. The lowest BCUT2D eigenvalue weighted by Gasteiger charge is -2.32. The summed E-state index contributed by atoms with van der Waals surface area (Å²) in [5.74, 6) is 3.44. The van der Waals surface area contributed by atoms with Gasteiger partial charge in [0, 0.05) is 5.25 Å². The first-order valence-electron chi connectivity index (χ1n) is 6.20. The molecule has 1 heterocycles. The average molecular weight is 213 g/mol. The molecule has 0 spiro atoms. The van der Waals surface area contributed by atoms with Crippen LogP contribution in [0.4, 0.5) is 0 Å². The molecule has 0 bridgehead atoms. The second kappa shape index (κ2) is 5.41. The highest BCUT2D eigenvalue weighted by molar-refractivity contribution is 7.99. The molecule has 1 aliphatic heterocycles. The van der Waals surface area contributed by atoms with E-state index in [1.54, 1.807) is 0 Å². The van der Waals surface area contributed by atoms with Crippen LogP contribution in [-0.2, 0) is 0 Å². The molecule has 1 nitrogen and oxygen atoms in total. The summed E-state index contributed by atoms with van der Waals surface area (Å²) in [6, 6.07) is 0. The predicted octanol–water partition coefficient (Wildman–Crippen LogP) is 2.91. The molecule has 0 aromatic heterocycles. The summed E-state index contributed by atoms with van der Waals surface area (Å²) in [7, 11) is 0. The number of hydrogen-bond acceptors (Lipinski definition) is 2. The molecule has 1 saturated heterocycles. The van der Waals surface area contributed by atoms with Gasteiger partial charge in [0.2, 0.25) is 0 Å². The highest BCUT2D eigenvalue weighted by Crippen LogP contribution is 2.34. The Morgan fingerprint density at radius 1 is 1.21 bits per heavy atom. The van der Waals surface area contributed by atoms with E-state index < -0.39 is 0 Å². The zero-order valence-electron chi connectivity index (χ0n) is 9.30. The summed E-state index contributed by atoms with van der Waals surface area (Å²) >= 11 is 2.26. The van der Waals surface area contributed by atoms with Crippen LogP contribution in [0.25, 0.3) is 0 Å². The Labute approximate surface area is 92.4 Å². The molecule has 2 atom stereocenters. The highest BCUT2D eigenvalue weighted by Gasteiger charge is 2.23. The molecule has 2 fully saturated rings. The topological polar surface area (TPSA) is 12.0 Å². The molecule has 2 unspecified atom stereocenters. The number of hydrogen-bond donors (Lipinski definition) is 1. The molecule has 1 saturated carbocycles. The van der Waals surface area contributed by atoms with E-state index in [2.05, 4.69) is 24.0 Å². The summed E-state index contributed by atoms with van der Waals surface area (Å²) in [5.41, 5.74) is 0. The molecule has 1 aliphatic carbocycles. The van der Waals surface area contributed by atoms with Crippen LogP contribution in [0.15, 0.2) is 0 Å². The van der Waals surface area contributed by atoms with Gasteiger partial charge in [-0.3, -0.25) is 0 Å². The van der Waals surface area contributed by atoms with Gasteiger partial charge in [-0.2, -0.15) is 11.8 Å². The standard InChI is InChI=1S/C12H23NS/c1-2-10-4-3-5-12(6-10)14-9-11-7-13-8-11/h10-13H,2-9H2,1H3. The lowest BCUT2D eigenvalue weighted by Crippen LogP contribution is -2.43. The van der Waals surface area contributed by atoms with Crippen LogP contribution < -0.4 is 5.32 Å². The fraction of sp³-hybridized carbons (Fsp3) is 1.00. The van der Waals surface area contributed by atoms with Gasteiger partial charge in [-0.15, -0.1) is 0 Å². The first kappa shape index (κ1) is 10.8. The smallest absolute Gasteiger partial charge is 0.00498 e. The highest BCUT2D eigenvalue weighted by atomic mass is 32.2. The van der Waals surface area contributed by atoms with Crippen molar-refractivity contribution < 1.29 is 0 Å². The van der Waals surface area contributed by atoms with Crippen LogP contribution in [0, 0.1) is 11.8 Å². The van der Waals surface area contributed by atoms with Crippen molar-refractivity contribution in [1.82, 2.24) is 5.32 Å². The van der Waals surface area contributed by atoms with E-state index in [0.29, 0.717) is 0 Å². The van der Waals surface area contributed by atoms with Crippen molar-refractivity contribution in [1.29, 1.82) is 0 Å². The maximum atomic E-state index is 3.36. The van der Waals surface area contributed by atoms with Crippen LogP contribution in [0.5, 0.6) is 0 Å². The third kappa shape index (κ3) is 2.90. The van der Waals surface area contributed by atoms with E-state index in [4.69, 9.17) is 0 Å². The second-order valence-electron chi connectivity index (χ2n) is 4.92. The maximum Gasteiger partial charge on any atom is 0.00498 e. The number of nitrogens with one attached hydrogen (secondary N) is 1. The molecule has 0 aromatic carbocycles. The number of rotatable bonds is 4. The third-order valence-corrected chi connectivity index (χ3v) is 5.31. The molecule has 2 heteroatoms. The van der Waals surface area contributed by atoms with Crippen molar-refractivity contribution in [2.75, 3.05) is 18.8 Å². The Hall–Kier alpha value is 0.310. The van der Waals surface area contributed by atoms with Crippen molar-refractivity contribution in [3.8, 4) is 0 Å². The lowest BCUT2D eigenvalue weighted by molar-refractivity contribution is 0.354. The van der Waals surface area contributed by atoms with Crippen molar-refractivity contribution in [3.63, 3.8) is 0 Å². The van der Waals surface area contributed by atoms with Gasteiger partial charge in [0.25, 0.3) is 0 Å². The quantitative estimate of drug-likeness (QED) is 0.770. The monoisotopic (exact) mass is 213 g/mol. The molecule has 2 aliphatic rings. The molecular weight excluding hydrogens is 190 g/mol. The summed E-state index contributed by atoms with van der Waals surface area (Å²) in [6.07, 6.45) is 7.38. The van der Waals surface area contributed by atoms with Crippen molar-refractivity contribution in [3.05, 3.63) is 0 Å². The molecule has 0 aromatic rings. The van der Waals surface area contributed by atoms with Gasteiger partial charge in [0.05, 0.1) is 0 Å². The van der Waals surface area contributed by atoms with E-state index in [9.17, 15) is 0 Å². The summed E-state index contributed by atoms with van der Waals surface area (Å²) in [4.78, 5) is 0. The largest absolute Gasteiger partial charge is 0.316 e. The van der Waals surface area contributed by atoms with Crippen molar-refractivity contribution in [2.45, 2.75) is 44.3 Å². The molecule has 14 heavy (non-hydrogen) atoms. The summed E-state index contributed by atoms with van der Waals surface area (Å²) < 4.78 is 0. The fourth-order valence-corrected chi connectivity index (χ4v) is 4.02. The Morgan fingerprint density at radius 3 is 2.71 bits per heavy atom. The molecule has 82 valence electrons. The van der Waals surface area contributed by atoms with Gasteiger partial charge in [-0.25, -0.2) is 0 Å². The van der Waals surface area contributed by atoms with Gasteiger partial charge in [-0.05, 0) is 43.5 Å². The molecular formula is C12H23NS. The van der Waals surface area contributed by atoms with Gasteiger partial charge in [0.15, 0.2) is 0 Å². The van der Waals surface area contributed by atoms with E-state index in [-0.39, 0.29) is 0 Å². The van der Waals surface area contributed by atoms with Gasteiger partial charge >= 0.3 is 0 Å². The maximum absolute atomic E-state index is 3.36. The third-order valence-electron chi connectivity index (χ3n) is 3.75. The van der Waals surface area contributed by atoms with Crippen LogP contribution in [0.3, 0.4) is 0 Å². The first-order valence-corrected chi connectivity index (χ1v) is 7.25. The molecule has 1 N–H and O–H groups in total. The lowest BCUT2D eigenvalue weighted by atomic mass is 9.87. The minimum absolute atomic E-state index is 0.988. The van der Waals surface area contributed by atoms with Crippen LogP contribution in [0.1, 0.15) is 39.0 Å². The van der Waals surface area contributed by atoms with Crippen LogP contribution in [0.2, 0.25) is 0 Å². The Morgan fingerprint density at radius 2 is 2.07 bits per heavy atom. The zero-order chi connectivity index (χ0) is 9.80. The van der Waals surface area contributed by atoms with E-state index >= 15 is 0 Å². The number of thioether (sulfide) groups is 1. The van der Waals surface area contributed by atoms with E-state index in [0.717, 1.165) is 17.1 Å². The van der Waals surface area contributed by atoms with Crippen LogP contribution in [-0.4, -0.2) is 24.1 Å². The zero-order valence-corrected chi connectivity index (χ0v) is 10.1. The molecule has 0 amide bonds.